The topological polar surface area (TPSA) is 61.4 Å². The normalized spacial score (nSPS) is 12.3. The van der Waals surface area contributed by atoms with Gasteiger partial charge in [-0.15, -0.1) is 0 Å². The quantitative estimate of drug-likeness (QED) is 0.130. The van der Waals surface area contributed by atoms with Crippen LogP contribution in [0.25, 0.3) is 66.2 Å². The van der Waals surface area contributed by atoms with Crippen LogP contribution in [0.5, 0.6) is 0 Å². The lowest BCUT2D eigenvalue weighted by Gasteiger charge is -2.29. The van der Waals surface area contributed by atoms with Crippen molar-refractivity contribution in [3.8, 4) is 0 Å². The zero-order chi connectivity index (χ0) is 40.1. The van der Waals surface area contributed by atoms with Crippen LogP contribution in [0.4, 0.5) is 0 Å². The summed E-state index contributed by atoms with van der Waals surface area (Å²) in [6, 6.07) is 21.5. The van der Waals surface area contributed by atoms with Gasteiger partial charge in [0.2, 0.25) is 0 Å². The predicted molar refractivity (Wildman–Crippen MR) is 244 cm³/mol. The molecular formula is C46H56Br3N8+. The largest absolute Gasteiger partial charge is 1.00 e. The summed E-state index contributed by atoms with van der Waals surface area (Å²) in [5.41, 5.74) is 15.3. The molecule has 4 heterocycles. The third kappa shape index (κ3) is 8.93. The van der Waals surface area contributed by atoms with Gasteiger partial charge >= 0.3 is 0 Å². The summed E-state index contributed by atoms with van der Waals surface area (Å²) in [7, 11) is 9.23. The van der Waals surface area contributed by atoms with Crippen molar-refractivity contribution in [2.24, 2.45) is 0 Å². The standard InChI is InChI=1S/2C23H28BrN4.BrH/c2*1-6-10-28(4,5)11-9-27-21-8-7-17(24)14-18(21)22-23(27)26-20-13-16(3)15(2)12-19(20)25-22;/h2*7-8,12-14H,6,9-11H2,1-5H3;1H/q2*+1;/p-1. The maximum atomic E-state index is 5.07. The second-order valence-electron chi connectivity index (χ2n) is 17.0. The zero-order valence-electron chi connectivity index (χ0n) is 35.1. The fourth-order valence-corrected chi connectivity index (χ4v) is 8.79. The van der Waals surface area contributed by atoms with E-state index >= 15 is 0 Å². The molecule has 0 amide bonds. The van der Waals surface area contributed by atoms with Gasteiger partial charge in [-0.1, -0.05) is 45.7 Å². The number of hydrogen-bond donors (Lipinski definition) is 0. The van der Waals surface area contributed by atoms with E-state index in [-0.39, 0.29) is 17.0 Å². The van der Waals surface area contributed by atoms with Gasteiger partial charge in [0.1, 0.15) is 11.0 Å². The lowest BCUT2D eigenvalue weighted by atomic mass is 10.1. The van der Waals surface area contributed by atoms with E-state index in [1.54, 1.807) is 0 Å². The van der Waals surface area contributed by atoms with Crippen LogP contribution >= 0.6 is 31.9 Å². The fourth-order valence-electron chi connectivity index (χ4n) is 8.07. The van der Waals surface area contributed by atoms with Crippen LogP contribution in [0.3, 0.4) is 0 Å². The summed E-state index contributed by atoms with van der Waals surface area (Å²) in [4.78, 5) is 20.2. The lowest BCUT2D eigenvalue weighted by Crippen LogP contribution is -3.00. The van der Waals surface area contributed by atoms with Crippen LogP contribution in [0.1, 0.15) is 48.9 Å². The van der Waals surface area contributed by atoms with E-state index in [0.29, 0.717) is 0 Å². The van der Waals surface area contributed by atoms with Crippen molar-refractivity contribution < 1.29 is 25.9 Å². The molecule has 11 heteroatoms. The third-order valence-corrected chi connectivity index (χ3v) is 12.5. The van der Waals surface area contributed by atoms with E-state index in [0.717, 1.165) is 99.3 Å². The van der Waals surface area contributed by atoms with Crippen molar-refractivity contribution >= 4 is 98.1 Å². The van der Waals surface area contributed by atoms with E-state index in [2.05, 4.69) is 171 Å². The molecule has 0 bridgehead atoms. The minimum atomic E-state index is 0. The molecule has 0 saturated heterocycles. The molecule has 0 atom stereocenters. The van der Waals surface area contributed by atoms with Gasteiger partial charge in [0.25, 0.3) is 0 Å². The Labute approximate surface area is 364 Å². The molecule has 0 unspecified atom stereocenters. The molecule has 4 aromatic heterocycles. The van der Waals surface area contributed by atoms with Gasteiger partial charge < -0.3 is 35.1 Å². The Morgan fingerprint density at radius 3 is 1.16 bits per heavy atom. The van der Waals surface area contributed by atoms with Crippen molar-refractivity contribution in [2.45, 2.75) is 67.5 Å². The highest BCUT2D eigenvalue weighted by Gasteiger charge is 2.21. The number of likely N-dealkylation sites (N-methyl/N-ethyl adjacent to an activating group) is 2. The minimum Gasteiger partial charge on any atom is -1.00 e. The molecule has 0 aliphatic carbocycles. The van der Waals surface area contributed by atoms with Gasteiger partial charge in [0, 0.05) is 19.7 Å². The monoisotopic (exact) mass is 957 g/mol. The Kier molecular flexibility index (Phi) is 12.9. The number of quaternary nitrogens is 2. The van der Waals surface area contributed by atoms with Gasteiger partial charge in [-0.2, -0.15) is 0 Å². The highest BCUT2D eigenvalue weighted by atomic mass is 79.9. The van der Waals surface area contributed by atoms with Gasteiger partial charge in [0.15, 0.2) is 11.3 Å². The summed E-state index contributed by atoms with van der Waals surface area (Å²) in [6.45, 7) is 19.4. The van der Waals surface area contributed by atoms with Crippen LogP contribution in [-0.4, -0.2) is 92.4 Å². The molecule has 0 spiro atoms. The Morgan fingerprint density at radius 1 is 0.491 bits per heavy atom. The van der Waals surface area contributed by atoms with E-state index < -0.39 is 0 Å². The Bertz CT molecular complexity index is 2570. The molecule has 8 rings (SSSR count). The lowest BCUT2D eigenvalue weighted by molar-refractivity contribution is -0.890. The second-order valence-corrected chi connectivity index (χ2v) is 18.9. The maximum Gasteiger partial charge on any atom is 0.160 e. The molecule has 0 aliphatic rings. The summed E-state index contributed by atoms with van der Waals surface area (Å²) in [6.07, 6.45) is 2.38. The number of nitrogens with zero attached hydrogens (tertiary/aromatic N) is 8. The molecule has 0 aliphatic heterocycles. The molecule has 8 nitrogen and oxygen atoms in total. The average Bonchev–Trinajstić information content (AvgIpc) is 3.59. The number of aryl methyl sites for hydroxylation is 4. The van der Waals surface area contributed by atoms with Gasteiger partial charge in [-0.25, -0.2) is 19.9 Å². The molecule has 57 heavy (non-hydrogen) atoms. The highest BCUT2D eigenvalue weighted by molar-refractivity contribution is 9.10. The summed E-state index contributed by atoms with van der Waals surface area (Å²) >= 11 is 7.26. The molecule has 300 valence electrons. The van der Waals surface area contributed by atoms with E-state index in [1.807, 2.05) is 0 Å². The Hall–Kier alpha value is -3.48. The first-order valence-electron chi connectivity index (χ1n) is 19.9. The number of hydrogen-bond acceptors (Lipinski definition) is 4. The first-order chi connectivity index (χ1) is 26.6. The Morgan fingerprint density at radius 2 is 0.825 bits per heavy atom. The molecule has 0 N–H and O–H groups in total. The van der Waals surface area contributed by atoms with Crippen molar-refractivity contribution in [1.29, 1.82) is 0 Å². The molecule has 0 radical (unpaired) electrons. The molecule has 4 aromatic carbocycles. The molecule has 0 saturated carbocycles. The number of fused-ring (bicyclic) bond motifs is 8. The summed E-state index contributed by atoms with van der Waals surface area (Å²) < 4.78 is 8.87. The molecule has 8 aromatic rings. The first kappa shape index (κ1) is 43.1. The van der Waals surface area contributed by atoms with Gasteiger partial charge in [-0.05, 0) is 123 Å². The minimum absolute atomic E-state index is 0. The fraction of sp³-hybridized carbons (Fsp3) is 0.391. The van der Waals surface area contributed by atoms with Crippen LogP contribution in [0.15, 0.2) is 69.6 Å². The van der Waals surface area contributed by atoms with Crippen LogP contribution < -0.4 is 17.0 Å². The number of benzene rings is 4. The maximum absolute atomic E-state index is 5.07. The SMILES string of the molecule is CCC[N+](C)(C)CCn1c2ccc(Br)cc2c2nc3cc(C)c(C)cc3nc21.CCC[N+](C)(C)CCn1c2ccc(Br)cc2c2nc3cc(C)c(C)cc3nc21.[Br-]. The van der Waals surface area contributed by atoms with Crippen LogP contribution in [-0.2, 0) is 13.1 Å². The van der Waals surface area contributed by atoms with E-state index in [4.69, 9.17) is 19.9 Å². The van der Waals surface area contributed by atoms with Crippen LogP contribution in [0.2, 0.25) is 0 Å². The third-order valence-electron chi connectivity index (χ3n) is 11.6. The zero-order valence-corrected chi connectivity index (χ0v) is 39.9. The van der Waals surface area contributed by atoms with Crippen molar-refractivity contribution in [3.63, 3.8) is 0 Å². The number of aromatic nitrogens is 6. The van der Waals surface area contributed by atoms with Gasteiger partial charge in [0.05, 0.1) is 101 Å². The predicted octanol–water partition coefficient (Wildman–Crippen LogP) is 8.21. The van der Waals surface area contributed by atoms with E-state index in [9.17, 15) is 0 Å². The van der Waals surface area contributed by atoms with Crippen molar-refractivity contribution in [3.05, 3.63) is 91.9 Å². The van der Waals surface area contributed by atoms with Crippen molar-refractivity contribution in [2.75, 3.05) is 54.4 Å². The van der Waals surface area contributed by atoms with E-state index in [1.165, 1.54) is 59.2 Å². The number of rotatable bonds is 10. The molecular weight excluding hydrogens is 904 g/mol. The number of halogens is 3. The molecule has 0 fully saturated rings. The summed E-state index contributed by atoms with van der Waals surface area (Å²) in [5.74, 6) is 0. The smallest absolute Gasteiger partial charge is 0.160 e. The van der Waals surface area contributed by atoms with Gasteiger partial charge in [-0.3, -0.25) is 0 Å². The average molecular weight is 961 g/mol. The van der Waals surface area contributed by atoms with Crippen LogP contribution in [0, 0.1) is 27.7 Å². The first-order valence-corrected chi connectivity index (χ1v) is 21.5. The van der Waals surface area contributed by atoms with Crippen molar-refractivity contribution in [1.82, 2.24) is 29.1 Å². The Balaban J connectivity index is 0.000000189. The second kappa shape index (κ2) is 17.0. The summed E-state index contributed by atoms with van der Waals surface area (Å²) in [5, 5.41) is 2.33. The highest BCUT2D eigenvalue weighted by Crippen LogP contribution is 2.33.